The molecule has 1 aromatic heterocycles. The van der Waals surface area contributed by atoms with Crippen LogP contribution in [0.5, 0.6) is 0 Å². The summed E-state index contributed by atoms with van der Waals surface area (Å²) in [6.45, 7) is 3.38. The molecule has 0 saturated carbocycles. The van der Waals surface area contributed by atoms with Gasteiger partial charge in [0.1, 0.15) is 11.9 Å². The molecule has 2 saturated heterocycles. The van der Waals surface area contributed by atoms with Crippen LogP contribution in [-0.4, -0.2) is 51.8 Å². The number of hydrogen-bond donors (Lipinski definition) is 2. The fraction of sp³-hybridized carbons (Fsp3) is 0.524. The van der Waals surface area contributed by atoms with Gasteiger partial charge in [-0.25, -0.2) is 9.78 Å². The maximum atomic E-state index is 12.8. The fourth-order valence-electron chi connectivity index (χ4n) is 4.30. The zero-order valence-electron chi connectivity index (χ0n) is 16.4. The fourth-order valence-corrected chi connectivity index (χ4v) is 4.30. The molecule has 1 aromatic carbocycles. The summed E-state index contributed by atoms with van der Waals surface area (Å²) < 4.78 is 1.86. The Labute approximate surface area is 166 Å². The van der Waals surface area contributed by atoms with Crippen molar-refractivity contribution in [1.29, 1.82) is 0 Å². The Morgan fingerprint density at radius 3 is 2.57 bits per heavy atom. The van der Waals surface area contributed by atoms with E-state index in [-0.39, 0.29) is 11.9 Å². The quantitative estimate of drug-likeness (QED) is 0.851. The summed E-state index contributed by atoms with van der Waals surface area (Å²) in [4.78, 5) is 21.3. The zero-order valence-corrected chi connectivity index (χ0v) is 16.4. The largest absolute Gasteiger partial charge is 0.385 e. The number of nitrogens with zero attached hydrogens (tertiary/aromatic N) is 4. The van der Waals surface area contributed by atoms with Crippen LogP contribution in [0.4, 0.5) is 16.2 Å². The molecular weight excluding hydrogens is 354 g/mol. The minimum Gasteiger partial charge on any atom is -0.385 e. The Kier molecular flexibility index (Phi) is 5.52. The molecule has 7 heteroatoms. The summed E-state index contributed by atoms with van der Waals surface area (Å²) in [6, 6.07) is 7.98. The first-order chi connectivity index (χ1) is 13.6. The third-order valence-corrected chi connectivity index (χ3v) is 5.99. The third kappa shape index (κ3) is 3.85. The number of imidazole rings is 1. The normalized spacial score (nSPS) is 19.1. The molecule has 150 valence electrons. The molecular formula is C21H29N5O2. The molecule has 2 aliphatic heterocycles. The maximum absolute atomic E-state index is 12.8. The molecule has 2 aliphatic rings. The van der Waals surface area contributed by atoms with E-state index < -0.39 is 6.10 Å². The summed E-state index contributed by atoms with van der Waals surface area (Å²) in [6.07, 6.45) is 6.92. The van der Waals surface area contributed by atoms with E-state index in [0.717, 1.165) is 37.3 Å². The van der Waals surface area contributed by atoms with Crippen molar-refractivity contribution in [2.24, 2.45) is 13.0 Å². The molecule has 7 nitrogen and oxygen atoms in total. The van der Waals surface area contributed by atoms with Crippen molar-refractivity contribution in [2.45, 2.75) is 31.8 Å². The molecule has 3 heterocycles. The van der Waals surface area contributed by atoms with E-state index in [1.165, 1.54) is 12.8 Å². The Bertz CT molecular complexity index is 807. The second-order valence-corrected chi connectivity index (χ2v) is 7.81. The molecule has 2 aromatic rings. The van der Waals surface area contributed by atoms with Crippen molar-refractivity contribution in [3.8, 4) is 0 Å². The number of benzene rings is 1. The van der Waals surface area contributed by atoms with E-state index in [1.54, 1.807) is 6.20 Å². The van der Waals surface area contributed by atoms with Crippen LogP contribution in [0.1, 0.15) is 37.6 Å². The molecule has 2 N–H and O–H groups in total. The molecule has 0 radical (unpaired) electrons. The number of carbonyl (C=O) groups is 1. The molecule has 0 bridgehead atoms. The van der Waals surface area contributed by atoms with Crippen molar-refractivity contribution in [3.63, 3.8) is 0 Å². The van der Waals surface area contributed by atoms with E-state index in [1.807, 2.05) is 40.9 Å². The topological polar surface area (TPSA) is 73.6 Å². The lowest BCUT2D eigenvalue weighted by molar-refractivity contribution is 0.0600. The van der Waals surface area contributed by atoms with Gasteiger partial charge >= 0.3 is 6.03 Å². The maximum Gasteiger partial charge on any atom is 0.321 e. The Hall–Kier alpha value is -2.54. The second kappa shape index (κ2) is 8.22. The highest BCUT2D eigenvalue weighted by atomic mass is 16.3. The van der Waals surface area contributed by atoms with Gasteiger partial charge in [0.05, 0.1) is 11.4 Å². The minimum atomic E-state index is -0.582. The van der Waals surface area contributed by atoms with Crippen LogP contribution in [0, 0.1) is 5.92 Å². The van der Waals surface area contributed by atoms with E-state index in [0.29, 0.717) is 18.9 Å². The molecule has 0 aliphatic carbocycles. The number of hydrogen-bond acceptors (Lipinski definition) is 4. The van der Waals surface area contributed by atoms with E-state index in [4.69, 9.17) is 0 Å². The average molecular weight is 383 g/mol. The zero-order chi connectivity index (χ0) is 19.5. The van der Waals surface area contributed by atoms with Crippen LogP contribution >= 0.6 is 0 Å². The van der Waals surface area contributed by atoms with Gasteiger partial charge in [0.25, 0.3) is 0 Å². The predicted octanol–water partition coefficient (Wildman–Crippen LogP) is 3.00. The van der Waals surface area contributed by atoms with Gasteiger partial charge < -0.3 is 24.8 Å². The lowest BCUT2D eigenvalue weighted by Gasteiger charge is -2.34. The number of para-hydroxylation sites is 2. The minimum absolute atomic E-state index is 0.0587. The Balaban J connectivity index is 1.35. The highest BCUT2D eigenvalue weighted by Crippen LogP contribution is 2.31. The number of carbonyl (C=O) groups excluding carboxylic acids is 1. The molecule has 1 unspecified atom stereocenters. The van der Waals surface area contributed by atoms with Gasteiger partial charge in [-0.3, -0.25) is 0 Å². The first-order valence-corrected chi connectivity index (χ1v) is 10.2. The Morgan fingerprint density at radius 1 is 1.18 bits per heavy atom. The van der Waals surface area contributed by atoms with Crippen LogP contribution in [0.25, 0.3) is 0 Å². The first kappa shape index (κ1) is 18.8. The van der Waals surface area contributed by atoms with Gasteiger partial charge in [0.15, 0.2) is 0 Å². The number of aliphatic hydroxyl groups is 1. The predicted molar refractivity (Wildman–Crippen MR) is 109 cm³/mol. The second-order valence-electron chi connectivity index (χ2n) is 7.81. The number of nitrogens with one attached hydrogen (secondary N) is 1. The van der Waals surface area contributed by atoms with Gasteiger partial charge in [-0.2, -0.15) is 0 Å². The van der Waals surface area contributed by atoms with Crippen LogP contribution < -0.4 is 10.2 Å². The number of rotatable bonds is 4. The van der Waals surface area contributed by atoms with Crippen LogP contribution in [0.2, 0.25) is 0 Å². The summed E-state index contributed by atoms with van der Waals surface area (Å²) in [7, 11) is 1.89. The van der Waals surface area contributed by atoms with Crippen molar-refractivity contribution >= 4 is 17.4 Å². The van der Waals surface area contributed by atoms with Crippen LogP contribution in [0.15, 0.2) is 36.7 Å². The van der Waals surface area contributed by atoms with Gasteiger partial charge in [0.2, 0.25) is 0 Å². The highest BCUT2D eigenvalue weighted by molar-refractivity contribution is 5.93. The van der Waals surface area contributed by atoms with Crippen molar-refractivity contribution in [2.75, 3.05) is 36.4 Å². The molecule has 28 heavy (non-hydrogen) atoms. The lowest BCUT2D eigenvalue weighted by atomic mass is 9.91. The van der Waals surface area contributed by atoms with Crippen molar-refractivity contribution in [1.82, 2.24) is 14.5 Å². The number of piperidine rings is 1. The SMILES string of the molecule is Cn1ccnc1C(O)C1CCN(C(=O)Nc2ccccc2N2CCCC2)CC1. The van der Waals surface area contributed by atoms with Crippen LogP contribution in [-0.2, 0) is 7.05 Å². The smallest absolute Gasteiger partial charge is 0.321 e. The molecule has 4 rings (SSSR count). The first-order valence-electron chi connectivity index (χ1n) is 10.2. The summed E-state index contributed by atoms with van der Waals surface area (Å²) in [5.74, 6) is 0.824. The number of anilines is 2. The number of likely N-dealkylation sites (tertiary alicyclic amines) is 1. The van der Waals surface area contributed by atoms with Crippen molar-refractivity contribution < 1.29 is 9.90 Å². The number of aryl methyl sites for hydroxylation is 1. The van der Waals surface area contributed by atoms with Gasteiger partial charge in [0, 0.05) is 45.6 Å². The standard InChI is InChI=1S/C21H29N5O2/c1-24-15-10-22-20(24)19(27)16-8-13-26(14-9-16)21(28)23-17-6-2-3-7-18(17)25-11-4-5-12-25/h2-3,6-7,10,15-16,19,27H,4-5,8-9,11-14H2,1H3,(H,23,28). The molecule has 0 spiro atoms. The summed E-state index contributed by atoms with van der Waals surface area (Å²) >= 11 is 0. The number of urea groups is 1. The number of aromatic nitrogens is 2. The number of amides is 2. The van der Waals surface area contributed by atoms with E-state index in [9.17, 15) is 9.90 Å². The van der Waals surface area contributed by atoms with Gasteiger partial charge in [-0.15, -0.1) is 0 Å². The average Bonchev–Trinajstić information content (AvgIpc) is 3.40. The summed E-state index contributed by atoms with van der Waals surface area (Å²) in [5.41, 5.74) is 1.98. The lowest BCUT2D eigenvalue weighted by Crippen LogP contribution is -2.42. The number of aliphatic hydroxyl groups excluding tert-OH is 1. The monoisotopic (exact) mass is 383 g/mol. The van der Waals surface area contributed by atoms with E-state index >= 15 is 0 Å². The molecule has 2 fully saturated rings. The summed E-state index contributed by atoms with van der Waals surface area (Å²) in [5, 5.41) is 13.7. The Morgan fingerprint density at radius 2 is 1.89 bits per heavy atom. The van der Waals surface area contributed by atoms with Gasteiger partial charge in [-0.1, -0.05) is 12.1 Å². The molecule has 1 atom stereocenters. The van der Waals surface area contributed by atoms with E-state index in [2.05, 4.69) is 21.3 Å². The third-order valence-electron chi connectivity index (χ3n) is 5.99. The van der Waals surface area contributed by atoms with Crippen LogP contribution in [0.3, 0.4) is 0 Å². The molecule has 2 amide bonds. The van der Waals surface area contributed by atoms with Crippen molar-refractivity contribution in [3.05, 3.63) is 42.5 Å². The highest BCUT2D eigenvalue weighted by Gasteiger charge is 2.30. The van der Waals surface area contributed by atoms with Gasteiger partial charge in [-0.05, 0) is 43.7 Å².